The number of nitrogens with one attached hydrogen (secondary N) is 3. The molecule has 0 unspecified atom stereocenters. The van der Waals surface area contributed by atoms with Gasteiger partial charge < -0.3 is 25.4 Å². The molecule has 0 aliphatic rings. The van der Waals surface area contributed by atoms with E-state index in [0.29, 0.717) is 0 Å². The van der Waals surface area contributed by atoms with Gasteiger partial charge in [-0.25, -0.2) is 4.79 Å². The number of ketones is 1. The fraction of sp³-hybridized carbons (Fsp3) is 0.522. The Labute approximate surface area is 193 Å². The minimum absolute atomic E-state index is 0.0466. The first-order valence-corrected chi connectivity index (χ1v) is 10.8. The van der Waals surface area contributed by atoms with Gasteiger partial charge in [0.15, 0.2) is 5.78 Å². The average molecular weight is 464 g/mol. The number of carbonyl (C=O) groups excluding carboxylic acids is 5. The van der Waals surface area contributed by atoms with Crippen LogP contribution < -0.4 is 16.0 Å². The lowest BCUT2D eigenvalue weighted by atomic mass is 10.0. The molecule has 33 heavy (non-hydrogen) atoms. The van der Waals surface area contributed by atoms with E-state index in [9.17, 15) is 24.0 Å². The van der Waals surface area contributed by atoms with Crippen molar-refractivity contribution in [1.29, 1.82) is 0 Å². The Morgan fingerprint density at radius 1 is 0.909 bits per heavy atom. The number of hydrogen-bond acceptors (Lipinski definition) is 7. The number of amides is 3. The molecule has 0 aromatic heterocycles. The van der Waals surface area contributed by atoms with E-state index in [1.54, 1.807) is 32.9 Å². The fourth-order valence-electron chi connectivity index (χ4n) is 2.83. The zero-order chi connectivity index (χ0) is 25.0. The molecule has 10 heteroatoms. The Morgan fingerprint density at radius 2 is 1.55 bits per heavy atom. The molecule has 0 aliphatic carbocycles. The van der Waals surface area contributed by atoms with E-state index in [-0.39, 0.29) is 31.1 Å². The molecule has 1 aromatic carbocycles. The quantitative estimate of drug-likeness (QED) is 0.399. The Bertz CT molecular complexity index is 827. The Kier molecular flexibility index (Phi) is 11.6. The molecule has 0 fully saturated rings. The molecule has 3 N–H and O–H groups in total. The van der Waals surface area contributed by atoms with Crippen LogP contribution in [-0.4, -0.2) is 54.9 Å². The average Bonchev–Trinajstić information content (AvgIpc) is 2.80. The van der Waals surface area contributed by atoms with Crippen LogP contribution in [0.25, 0.3) is 0 Å². The number of esters is 1. The monoisotopic (exact) mass is 463 g/mol. The van der Waals surface area contributed by atoms with Crippen molar-refractivity contribution in [2.45, 2.75) is 65.3 Å². The van der Waals surface area contributed by atoms with Gasteiger partial charge in [-0.2, -0.15) is 0 Å². The van der Waals surface area contributed by atoms with Crippen molar-refractivity contribution in [2.24, 2.45) is 5.92 Å². The molecular weight excluding hydrogens is 430 g/mol. The Balaban J connectivity index is 2.68. The number of alkyl carbamates (subject to hydrolysis) is 1. The highest BCUT2D eigenvalue weighted by Crippen LogP contribution is 2.06. The standard InChI is InChI=1S/C23H33N3O7/c1-6-18(27)17(12-19(28)32-5)25-21(29)15(4)24-22(30)20(14(2)3)26-23(31)33-13-16-10-8-7-9-11-16/h7-11,14-15,17,20H,6,12-13H2,1-5H3,(H,24,30)(H,25,29)(H,26,31)/t15-,17-,20-/m0/s1. The number of hydrogen-bond donors (Lipinski definition) is 3. The topological polar surface area (TPSA) is 140 Å². The molecule has 3 atom stereocenters. The van der Waals surface area contributed by atoms with Gasteiger partial charge in [0.2, 0.25) is 11.8 Å². The summed E-state index contributed by atoms with van der Waals surface area (Å²) in [7, 11) is 1.18. The predicted molar refractivity (Wildman–Crippen MR) is 120 cm³/mol. The van der Waals surface area contributed by atoms with E-state index in [4.69, 9.17) is 4.74 Å². The molecule has 1 rings (SSSR count). The van der Waals surface area contributed by atoms with Crippen LogP contribution in [0.15, 0.2) is 30.3 Å². The van der Waals surface area contributed by atoms with Crippen molar-refractivity contribution < 1.29 is 33.4 Å². The lowest BCUT2D eigenvalue weighted by Gasteiger charge is -2.24. The summed E-state index contributed by atoms with van der Waals surface area (Å²) in [5, 5.41) is 7.50. The van der Waals surface area contributed by atoms with E-state index < -0.39 is 42.0 Å². The molecule has 0 spiro atoms. The highest BCUT2D eigenvalue weighted by atomic mass is 16.5. The SMILES string of the molecule is CCC(=O)[C@H](CC(=O)OC)NC(=O)[C@H](C)NC(=O)[C@@H](NC(=O)OCc1ccccc1)C(C)C. The largest absolute Gasteiger partial charge is 0.469 e. The molecule has 0 saturated heterocycles. The molecule has 182 valence electrons. The van der Waals surface area contributed by atoms with E-state index >= 15 is 0 Å². The van der Waals surface area contributed by atoms with Crippen molar-refractivity contribution in [2.75, 3.05) is 7.11 Å². The maximum absolute atomic E-state index is 12.7. The smallest absolute Gasteiger partial charge is 0.408 e. The molecule has 10 nitrogen and oxygen atoms in total. The third kappa shape index (κ3) is 9.71. The van der Waals surface area contributed by atoms with Gasteiger partial charge in [-0.1, -0.05) is 51.1 Å². The van der Waals surface area contributed by atoms with Crippen molar-refractivity contribution in [1.82, 2.24) is 16.0 Å². The second kappa shape index (κ2) is 13.9. The third-order valence-corrected chi connectivity index (χ3v) is 4.84. The lowest BCUT2D eigenvalue weighted by molar-refractivity contribution is -0.143. The second-order valence-electron chi connectivity index (χ2n) is 7.82. The van der Waals surface area contributed by atoms with Gasteiger partial charge in [-0.15, -0.1) is 0 Å². The summed E-state index contributed by atoms with van der Waals surface area (Å²) in [5.74, 6) is -2.51. The number of ether oxygens (including phenoxy) is 2. The number of rotatable bonds is 12. The highest BCUT2D eigenvalue weighted by Gasteiger charge is 2.29. The van der Waals surface area contributed by atoms with Crippen LogP contribution >= 0.6 is 0 Å². The van der Waals surface area contributed by atoms with Gasteiger partial charge in [-0.05, 0) is 18.4 Å². The van der Waals surface area contributed by atoms with Crippen LogP contribution in [0, 0.1) is 5.92 Å². The molecule has 0 heterocycles. The third-order valence-electron chi connectivity index (χ3n) is 4.84. The Morgan fingerprint density at radius 3 is 2.09 bits per heavy atom. The summed E-state index contributed by atoms with van der Waals surface area (Å²) >= 11 is 0. The van der Waals surface area contributed by atoms with E-state index in [0.717, 1.165) is 5.56 Å². The minimum atomic E-state index is -1.05. The van der Waals surface area contributed by atoms with Crippen molar-refractivity contribution in [3.8, 4) is 0 Å². The van der Waals surface area contributed by atoms with Crippen LogP contribution in [0.4, 0.5) is 4.79 Å². The first kappa shape index (κ1) is 27.6. The molecule has 0 bridgehead atoms. The van der Waals surface area contributed by atoms with E-state index in [2.05, 4.69) is 20.7 Å². The second-order valence-corrected chi connectivity index (χ2v) is 7.82. The van der Waals surface area contributed by atoms with Crippen LogP contribution in [0.2, 0.25) is 0 Å². The summed E-state index contributed by atoms with van der Waals surface area (Å²) in [6.07, 6.45) is -0.956. The zero-order valence-electron chi connectivity index (χ0n) is 19.7. The highest BCUT2D eigenvalue weighted by molar-refractivity contribution is 5.95. The van der Waals surface area contributed by atoms with Gasteiger partial charge in [0.1, 0.15) is 18.7 Å². The zero-order valence-corrected chi connectivity index (χ0v) is 19.7. The van der Waals surface area contributed by atoms with Crippen LogP contribution in [0.3, 0.4) is 0 Å². The molecular formula is C23H33N3O7. The van der Waals surface area contributed by atoms with Gasteiger partial charge in [0, 0.05) is 6.42 Å². The van der Waals surface area contributed by atoms with Crippen molar-refractivity contribution in [3.05, 3.63) is 35.9 Å². The van der Waals surface area contributed by atoms with Gasteiger partial charge in [0.25, 0.3) is 0 Å². The summed E-state index contributed by atoms with van der Waals surface area (Å²) in [6, 6.07) is 6.05. The molecule has 1 aromatic rings. The summed E-state index contributed by atoms with van der Waals surface area (Å²) in [5.41, 5.74) is 0.798. The predicted octanol–water partition coefficient (Wildman–Crippen LogP) is 1.47. The van der Waals surface area contributed by atoms with Gasteiger partial charge in [0.05, 0.1) is 19.6 Å². The molecule has 3 amide bonds. The maximum Gasteiger partial charge on any atom is 0.408 e. The normalized spacial score (nSPS) is 13.3. The number of methoxy groups -OCH3 is 1. The number of Topliss-reactive ketones (excluding diaryl/α,β-unsaturated/α-hetero) is 1. The number of benzene rings is 1. The van der Waals surface area contributed by atoms with Gasteiger partial charge in [-0.3, -0.25) is 19.2 Å². The number of carbonyl (C=O) groups is 5. The van der Waals surface area contributed by atoms with E-state index in [1.165, 1.54) is 14.0 Å². The van der Waals surface area contributed by atoms with Crippen LogP contribution in [0.1, 0.15) is 46.1 Å². The maximum atomic E-state index is 12.7. The van der Waals surface area contributed by atoms with E-state index in [1.807, 2.05) is 18.2 Å². The molecule has 0 radical (unpaired) electrons. The summed E-state index contributed by atoms with van der Waals surface area (Å²) < 4.78 is 9.72. The molecule has 0 saturated carbocycles. The summed E-state index contributed by atoms with van der Waals surface area (Å²) in [4.78, 5) is 61.0. The first-order chi connectivity index (χ1) is 15.6. The lowest BCUT2D eigenvalue weighted by Crippen LogP contribution is -2.56. The fourth-order valence-corrected chi connectivity index (χ4v) is 2.83. The molecule has 0 aliphatic heterocycles. The van der Waals surface area contributed by atoms with Gasteiger partial charge >= 0.3 is 12.1 Å². The van der Waals surface area contributed by atoms with Crippen LogP contribution in [0.5, 0.6) is 0 Å². The van der Waals surface area contributed by atoms with Crippen molar-refractivity contribution in [3.63, 3.8) is 0 Å². The van der Waals surface area contributed by atoms with Crippen LogP contribution in [-0.2, 0) is 35.3 Å². The minimum Gasteiger partial charge on any atom is -0.469 e. The summed E-state index contributed by atoms with van der Waals surface area (Å²) in [6.45, 7) is 6.56. The van der Waals surface area contributed by atoms with Crippen molar-refractivity contribution >= 4 is 29.7 Å². The Hall–Kier alpha value is -3.43. The first-order valence-electron chi connectivity index (χ1n) is 10.8.